The van der Waals surface area contributed by atoms with Crippen molar-refractivity contribution in [3.63, 3.8) is 0 Å². The number of carbonyl (C=O) groups excluding carboxylic acids is 1. The predicted octanol–water partition coefficient (Wildman–Crippen LogP) is 6.75. The molecule has 6 heteroatoms. The number of allylic oxidation sites excluding steroid dienone is 2. The molecule has 0 bridgehead atoms. The van der Waals surface area contributed by atoms with Gasteiger partial charge in [-0.15, -0.1) is 0 Å². The van der Waals surface area contributed by atoms with Gasteiger partial charge in [-0.05, 0) is 59.4 Å². The van der Waals surface area contributed by atoms with Gasteiger partial charge in [0.15, 0.2) is 5.78 Å². The molecular formula is C28H25F3O3. The van der Waals surface area contributed by atoms with E-state index in [1.807, 2.05) is 25.1 Å². The first-order chi connectivity index (χ1) is 16.4. The fourth-order valence-corrected chi connectivity index (χ4v) is 4.65. The highest BCUT2D eigenvalue weighted by atomic mass is 19.1. The number of benzene rings is 3. The minimum atomic E-state index is -0.963. The normalized spacial score (nSPS) is 17.4. The van der Waals surface area contributed by atoms with Crippen LogP contribution in [0, 0.1) is 23.4 Å². The van der Waals surface area contributed by atoms with Crippen molar-refractivity contribution in [2.24, 2.45) is 5.92 Å². The topological polar surface area (TPSA) is 35.5 Å². The lowest BCUT2D eigenvalue weighted by Gasteiger charge is -2.23. The second-order valence-corrected chi connectivity index (χ2v) is 8.28. The monoisotopic (exact) mass is 466 g/mol. The number of aryl methyl sites for hydroxylation is 1. The maximum Gasteiger partial charge on any atom is 0.176 e. The number of halogens is 3. The minimum Gasteiger partial charge on any atom is -0.497 e. The van der Waals surface area contributed by atoms with Crippen LogP contribution in [0.4, 0.5) is 13.2 Å². The first-order valence-corrected chi connectivity index (χ1v) is 11.1. The number of methoxy groups -OCH3 is 2. The second-order valence-electron chi connectivity index (χ2n) is 8.28. The standard InChI is InChI=1S/C28H25F3O3/c1-4-16-11-20(33-2)9-10-22(16)23-12-18(17-5-7-19(29)8-6-17)13-24(23)28(32)27-25(30)14-21(34-3)15-26(27)31/h5-11,13-15,23-24H,4,12H2,1-3H3. The van der Waals surface area contributed by atoms with Gasteiger partial charge in [-0.25, -0.2) is 13.2 Å². The van der Waals surface area contributed by atoms with Gasteiger partial charge in [0, 0.05) is 24.0 Å². The highest BCUT2D eigenvalue weighted by molar-refractivity contribution is 6.02. The van der Waals surface area contributed by atoms with Crippen molar-refractivity contribution < 1.29 is 27.4 Å². The molecule has 176 valence electrons. The Morgan fingerprint density at radius 3 is 2.15 bits per heavy atom. The summed E-state index contributed by atoms with van der Waals surface area (Å²) in [7, 11) is 2.89. The summed E-state index contributed by atoms with van der Waals surface area (Å²) < 4.78 is 53.4. The van der Waals surface area contributed by atoms with E-state index in [9.17, 15) is 18.0 Å². The molecule has 1 aliphatic carbocycles. The lowest BCUT2D eigenvalue weighted by Crippen LogP contribution is -2.21. The second kappa shape index (κ2) is 9.75. The minimum absolute atomic E-state index is 0.000453. The van der Waals surface area contributed by atoms with Crippen LogP contribution in [0.15, 0.2) is 60.7 Å². The van der Waals surface area contributed by atoms with Crippen molar-refractivity contribution in [2.75, 3.05) is 14.2 Å². The Kier molecular flexibility index (Phi) is 6.77. The Morgan fingerprint density at radius 1 is 0.912 bits per heavy atom. The molecule has 0 fully saturated rings. The average Bonchev–Trinajstić information content (AvgIpc) is 3.28. The third-order valence-corrected chi connectivity index (χ3v) is 6.40. The summed E-state index contributed by atoms with van der Waals surface area (Å²) in [4.78, 5) is 13.6. The molecule has 3 nitrogen and oxygen atoms in total. The molecule has 3 aromatic rings. The molecule has 2 atom stereocenters. The molecular weight excluding hydrogens is 441 g/mol. The molecule has 0 N–H and O–H groups in total. The molecule has 3 aromatic carbocycles. The first kappa shape index (κ1) is 23.6. The molecule has 2 unspecified atom stereocenters. The van der Waals surface area contributed by atoms with Crippen LogP contribution in [-0.4, -0.2) is 20.0 Å². The highest BCUT2D eigenvalue weighted by Crippen LogP contribution is 2.46. The fraction of sp³-hybridized carbons (Fsp3) is 0.250. The summed E-state index contributed by atoms with van der Waals surface area (Å²) in [5.74, 6) is -3.37. The maximum atomic E-state index is 14.8. The Labute approximate surface area is 196 Å². The summed E-state index contributed by atoms with van der Waals surface area (Å²) in [5, 5.41) is 0. The van der Waals surface area contributed by atoms with Crippen LogP contribution >= 0.6 is 0 Å². The van der Waals surface area contributed by atoms with E-state index in [0.717, 1.165) is 34.4 Å². The molecule has 0 spiro atoms. The fourth-order valence-electron chi connectivity index (χ4n) is 4.65. The lowest BCUT2D eigenvalue weighted by atomic mass is 9.80. The number of hydrogen-bond donors (Lipinski definition) is 0. The van der Waals surface area contributed by atoms with Crippen LogP contribution in [0.3, 0.4) is 0 Å². The molecule has 0 saturated carbocycles. The first-order valence-electron chi connectivity index (χ1n) is 11.1. The molecule has 0 radical (unpaired) electrons. The summed E-state index contributed by atoms with van der Waals surface area (Å²) in [5.41, 5.74) is 2.93. The number of Topliss-reactive ketones (excluding diaryl/α,β-unsaturated/α-hetero) is 1. The summed E-state index contributed by atoms with van der Waals surface area (Å²) in [6, 6.07) is 13.7. The molecule has 0 aromatic heterocycles. The Morgan fingerprint density at radius 2 is 1.56 bits per heavy atom. The van der Waals surface area contributed by atoms with Gasteiger partial charge in [-0.3, -0.25) is 4.79 Å². The van der Waals surface area contributed by atoms with Crippen molar-refractivity contribution in [1.82, 2.24) is 0 Å². The Balaban J connectivity index is 1.81. The van der Waals surface area contributed by atoms with Gasteiger partial charge in [-0.1, -0.05) is 31.2 Å². The number of carbonyl (C=O) groups is 1. The molecule has 1 aliphatic rings. The van der Waals surface area contributed by atoms with Gasteiger partial charge in [-0.2, -0.15) is 0 Å². The van der Waals surface area contributed by atoms with E-state index in [1.54, 1.807) is 25.3 Å². The summed E-state index contributed by atoms with van der Waals surface area (Å²) in [6.45, 7) is 2.00. The van der Waals surface area contributed by atoms with Crippen LogP contribution in [0.2, 0.25) is 0 Å². The average molecular weight is 466 g/mol. The third-order valence-electron chi connectivity index (χ3n) is 6.40. The van der Waals surface area contributed by atoms with Gasteiger partial charge >= 0.3 is 0 Å². The molecule has 4 rings (SSSR count). The number of ketones is 1. The van der Waals surface area contributed by atoms with Crippen LogP contribution in [-0.2, 0) is 6.42 Å². The SMILES string of the molecule is CCc1cc(OC)ccc1C1CC(c2ccc(F)cc2)=CC1C(=O)c1c(F)cc(OC)cc1F. The van der Waals surface area contributed by atoms with Crippen LogP contribution < -0.4 is 9.47 Å². The zero-order valence-electron chi connectivity index (χ0n) is 19.2. The number of ether oxygens (including phenoxy) is 2. The zero-order chi connectivity index (χ0) is 24.4. The highest BCUT2D eigenvalue weighted by Gasteiger charge is 2.38. The molecule has 0 amide bonds. The van der Waals surface area contributed by atoms with Crippen molar-refractivity contribution in [3.8, 4) is 11.5 Å². The van der Waals surface area contributed by atoms with Gasteiger partial charge in [0.1, 0.15) is 29.0 Å². The lowest BCUT2D eigenvalue weighted by molar-refractivity contribution is 0.0926. The van der Waals surface area contributed by atoms with E-state index >= 15 is 0 Å². The molecule has 0 heterocycles. The number of hydrogen-bond acceptors (Lipinski definition) is 3. The van der Waals surface area contributed by atoms with Gasteiger partial charge in [0.2, 0.25) is 0 Å². The summed E-state index contributed by atoms with van der Waals surface area (Å²) in [6.07, 6.45) is 2.93. The third kappa shape index (κ3) is 4.45. The Bertz CT molecular complexity index is 1230. The smallest absolute Gasteiger partial charge is 0.176 e. The molecule has 0 saturated heterocycles. The molecule has 34 heavy (non-hydrogen) atoms. The van der Waals surface area contributed by atoms with Crippen LogP contribution in [0.5, 0.6) is 11.5 Å². The molecule has 0 aliphatic heterocycles. The van der Waals surface area contributed by atoms with E-state index in [-0.39, 0.29) is 17.5 Å². The van der Waals surface area contributed by atoms with Crippen LogP contribution in [0.1, 0.15) is 46.3 Å². The summed E-state index contributed by atoms with van der Waals surface area (Å²) >= 11 is 0. The van der Waals surface area contributed by atoms with E-state index in [2.05, 4.69) is 0 Å². The van der Waals surface area contributed by atoms with E-state index in [1.165, 1.54) is 19.2 Å². The van der Waals surface area contributed by atoms with Gasteiger partial charge in [0.25, 0.3) is 0 Å². The quantitative estimate of drug-likeness (QED) is 0.361. The van der Waals surface area contributed by atoms with Gasteiger partial charge < -0.3 is 9.47 Å². The predicted molar refractivity (Wildman–Crippen MR) is 125 cm³/mol. The maximum absolute atomic E-state index is 14.8. The van der Waals surface area contributed by atoms with Crippen molar-refractivity contribution in [3.05, 3.63) is 100 Å². The Hall–Kier alpha value is -3.54. The van der Waals surface area contributed by atoms with Crippen molar-refractivity contribution in [2.45, 2.75) is 25.7 Å². The number of rotatable bonds is 7. The largest absolute Gasteiger partial charge is 0.497 e. The van der Waals surface area contributed by atoms with Crippen molar-refractivity contribution >= 4 is 11.4 Å². The van der Waals surface area contributed by atoms with Gasteiger partial charge in [0.05, 0.1) is 19.8 Å². The van der Waals surface area contributed by atoms with E-state index < -0.39 is 28.9 Å². The zero-order valence-corrected chi connectivity index (χ0v) is 19.2. The van der Waals surface area contributed by atoms with E-state index in [4.69, 9.17) is 9.47 Å². The van der Waals surface area contributed by atoms with E-state index in [0.29, 0.717) is 18.6 Å². The van der Waals surface area contributed by atoms with Crippen LogP contribution in [0.25, 0.3) is 5.57 Å². The van der Waals surface area contributed by atoms with Crippen molar-refractivity contribution in [1.29, 1.82) is 0 Å².